The van der Waals surface area contributed by atoms with Crippen LogP contribution < -0.4 is 0 Å². The van der Waals surface area contributed by atoms with E-state index in [1.54, 1.807) is 23.0 Å². The van der Waals surface area contributed by atoms with Crippen LogP contribution in [0, 0.1) is 0 Å². The Morgan fingerprint density at radius 3 is 1.06 bits per heavy atom. The minimum atomic E-state index is -1.37. The predicted molar refractivity (Wildman–Crippen MR) is 90.7 cm³/mol. The van der Waals surface area contributed by atoms with Gasteiger partial charge in [-0.15, -0.1) is 0 Å². The van der Waals surface area contributed by atoms with Crippen LogP contribution in [0.4, 0.5) is 0 Å². The van der Waals surface area contributed by atoms with E-state index in [0.29, 0.717) is 10.1 Å². The van der Waals surface area contributed by atoms with E-state index >= 15 is 0 Å². The summed E-state index contributed by atoms with van der Waals surface area (Å²) in [5.41, 5.74) is 0. The van der Waals surface area contributed by atoms with Gasteiger partial charge in [-0.1, -0.05) is 67.7 Å². The minimum absolute atomic E-state index is 0.381. The Morgan fingerprint density at radius 1 is 0.647 bits per heavy atom. The van der Waals surface area contributed by atoms with Gasteiger partial charge >= 0.3 is 0 Å². The Balaban J connectivity index is 4.36. The van der Waals surface area contributed by atoms with E-state index in [9.17, 15) is 0 Å². The Labute approximate surface area is 119 Å². The van der Waals surface area contributed by atoms with E-state index in [-0.39, 0.29) is 0 Å². The van der Waals surface area contributed by atoms with Gasteiger partial charge in [-0.2, -0.15) is 0 Å². The van der Waals surface area contributed by atoms with Crippen LogP contribution in [-0.4, -0.2) is 14.4 Å². The Hall–Kier alpha value is 1.09. The summed E-state index contributed by atoms with van der Waals surface area (Å²) in [7, 11) is -2.74. The predicted octanol–water partition coefficient (Wildman–Crippen LogP) is 6.31. The average Bonchev–Trinajstić information content (AvgIpc) is 1.98. The summed E-state index contributed by atoms with van der Waals surface area (Å²) in [6.07, 6.45) is 0. The first-order chi connectivity index (χ1) is 7.21. The van der Waals surface area contributed by atoms with E-state index in [4.69, 9.17) is 3.63 Å². The normalized spacial score (nSPS) is 15.2. The highest BCUT2D eigenvalue weighted by Crippen LogP contribution is 2.49. The molecule has 0 saturated carbocycles. The fourth-order valence-corrected chi connectivity index (χ4v) is 8.22. The topological polar surface area (TPSA) is 9.23 Å². The molecule has 104 valence electrons. The van der Waals surface area contributed by atoms with Crippen LogP contribution >= 0.6 is 23.0 Å². The van der Waals surface area contributed by atoms with Gasteiger partial charge in [0.05, 0.1) is 0 Å². The van der Waals surface area contributed by atoms with Crippen LogP contribution in [0.2, 0.25) is 36.3 Å². The van der Waals surface area contributed by atoms with E-state index < -0.39 is 14.4 Å². The third-order valence-corrected chi connectivity index (χ3v) is 20.1. The maximum atomic E-state index is 5.97. The zero-order chi connectivity index (χ0) is 14.1. The molecule has 0 radical (unpaired) electrons. The first-order valence-corrected chi connectivity index (χ1v) is 15.2. The van der Waals surface area contributed by atoms with Gasteiger partial charge in [0.2, 0.25) is 0 Å². The van der Waals surface area contributed by atoms with Gasteiger partial charge in [0.15, 0.2) is 14.4 Å². The lowest BCUT2D eigenvalue weighted by Crippen LogP contribution is -2.36. The number of hydrogen-bond acceptors (Lipinski definition) is 3. The summed E-state index contributed by atoms with van der Waals surface area (Å²) in [5, 5.41) is 0.761. The molecule has 0 fully saturated rings. The molecule has 0 aromatic carbocycles. The lowest BCUT2D eigenvalue weighted by Gasteiger charge is -2.37. The van der Waals surface area contributed by atoms with Crippen molar-refractivity contribution in [1.82, 2.24) is 0 Å². The summed E-state index contributed by atoms with van der Waals surface area (Å²) < 4.78 is 5.97. The lowest BCUT2D eigenvalue weighted by atomic mass is 10.2. The molecule has 0 N–H and O–H groups in total. The van der Waals surface area contributed by atoms with Gasteiger partial charge in [-0.05, 0) is 33.1 Å². The maximum Gasteiger partial charge on any atom is 0.153 e. The summed E-state index contributed by atoms with van der Waals surface area (Å²) in [4.78, 5) is 0. The second-order valence-electron chi connectivity index (χ2n) is 7.76. The highest BCUT2D eigenvalue weighted by atomic mass is 32.4. The maximum absolute atomic E-state index is 5.97. The quantitative estimate of drug-likeness (QED) is 0.445. The summed E-state index contributed by atoms with van der Waals surface area (Å²) in [5.74, 6) is 0. The fraction of sp³-hybridized carbons (Fsp3) is 1.00. The van der Waals surface area contributed by atoms with Crippen molar-refractivity contribution >= 4 is 37.4 Å². The SMILES string of the molecule is CC(C)(C)[Si](C)(C)SOS[Si](C)(C)C(C)(C)C. The van der Waals surface area contributed by atoms with Gasteiger partial charge in [0, 0.05) is 0 Å². The van der Waals surface area contributed by atoms with Crippen molar-refractivity contribution in [2.24, 2.45) is 0 Å². The Bertz CT molecular complexity index is 226. The third-order valence-electron chi connectivity index (χ3n) is 4.10. The Morgan fingerprint density at radius 2 is 0.882 bits per heavy atom. The van der Waals surface area contributed by atoms with Crippen molar-refractivity contribution in [2.45, 2.75) is 77.8 Å². The van der Waals surface area contributed by atoms with Crippen LogP contribution in [0.3, 0.4) is 0 Å². The van der Waals surface area contributed by atoms with Gasteiger partial charge < -0.3 is 0 Å². The second-order valence-corrected chi connectivity index (χ2v) is 24.8. The van der Waals surface area contributed by atoms with Gasteiger partial charge in [-0.3, -0.25) is 3.63 Å². The largest absolute Gasteiger partial charge is 0.261 e. The second kappa shape index (κ2) is 5.61. The van der Waals surface area contributed by atoms with Crippen LogP contribution in [0.25, 0.3) is 0 Å². The first kappa shape index (κ1) is 18.1. The molecule has 0 aliphatic rings. The van der Waals surface area contributed by atoms with Gasteiger partial charge in [0.1, 0.15) is 0 Å². The van der Waals surface area contributed by atoms with Crippen molar-refractivity contribution < 1.29 is 3.63 Å². The molecule has 0 saturated heterocycles. The van der Waals surface area contributed by atoms with E-state index in [1.807, 2.05) is 0 Å². The van der Waals surface area contributed by atoms with Crippen LogP contribution in [0.5, 0.6) is 0 Å². The number of hydrogen-bond donors (Lipinski definition) is 0. The third kappa shape index (κ3) is 5.31. The molecule has 0 rings (SSSR count). The fourth-order valence-electron chi connectivity index (χ4n) is 0.437. The van der Waals surface area contributed by atoms with Crippen LogP contribution in [0.15, 0.2) is 0 Å². The average molecular weight is 311 g/mol. The number of rotatable bonds is 4. The molecule has 0 bridgehead atoms. The lowest BCUT2D eigenvalue weighted by molar-refractivity contribution is 0.717. The van der Waals surface area contributed by atoms with E-state index in [1.165, 1.54) is 0 Å². The monoisotopic (exact) mass is 310 g/mol. The van der Waals surface area contributed by atoms with Crippen molar-refractivity contribution in [1.29, 1.82) is 0 Å². The molecule has 0 aliphatic heterocycles. The van der Waals surface area contributed by atoms with Crippen LogP contribution in [0.1, 0.15) is 41.5 Å². The smallest absolute Gasteiger partial charge is 0.153 e. The minimum Gasteiger partial charge on any atom is -0.261 e. The van der Waals surface area contributed by atoms with Crippen molar-refractivity contribution in [3.63, 3.8) is 0 Å². The zero-order valence-corrected chi connectivity index (χ0v) is 16.9. The molecule has 0 heterocycles. The van der Waals surface area contributed by atoms with Crippen molar-refractivity contribution in [3.05, 3.63) is 0 Å². The zero-order valence-electron chi connectivity index (χ0n) is 13.2. The highest BCUT2D eigenvalue weighted by Gasteiger charge is 2.41. The molecule has 17 heavy (non-hydrogen) atoms. The Kier molecular flexibility index (Phi) is 5.97. The van der Waals surface area contributed by atoms with E-state index in [2.05, 4.69) is 67.7 Å². The standard InChI is InChI=1S/C12H30OS2Si2/c1-11(2,3)16(7,8)14-13-15-17(9,10)12(4,5)6/h1-10H3. The molecule has 0 amide bonds. The molecule has 0 atom stereocenters. The first-order valence-electron chi connectivity index (χ1n) is 6.24. The molecule has 5 heteroatoms. The molecule has 0 unspecified atom stereocenters. The van der Waals surface area contributed by atoms with Crippen LogP contribution in [-0.2, 0) is 3.63 Å². The molecule has 0 aliphatic carbocycles. The molecule has 0 spiro atoms. The van der Waals surface area contributed by atoms with Gasteiger partial charge in [-0.25, -0.2) is 0 Å². The molecular weight excluding hydrogens is 280 g/mol. The molecule has 0 aromatic heterocycles. The molecule has 0 aromatic rings. The summed E-state index contributed by atoms with van der Waals surface area (Å²) in [6.45, 7) is 23.5. The molecule has 1 nitrogen and oxygen atoms in total. The summed E-state index contributed by atoms with van der Waals surface area (Å²) >= 11 is 3.53. The summed E-state index contributed by atoms with van der Waals surface area (Å²) in [6, 6.07) is 0. The highest BCUT2D eigenvalue weighted by molar-refractivity contribution is 8.36. The van der Waals surface area contributed by atoms with Crippen molar-refractivity contribution in [2.75, 3.05) is 0 Å². The van der Waals surface area contributed by atoms with Crippen molar-refractivity contribution in [3.8, 4) is 0 Å². The van der Waals surface area contributed by atoms with Gasteiger partial charge in [0.25, 0.3) is 0 Å². The molecular formula is C12H30OS2Si2. The van der Waals surface area contributed by atoms with E-state index in [0.717, 1.165) is 0 Å².